The van der Waals surface area contributed by atoms with Gasteiger partial charge in [0.2, 0.25) is 0 Å². The van der Waals surface area contributed by atoms with Crippen molar-refractivity contribution in [2.24, 2.45) is 11.8 Å². The lowest BCUT2D eigenvalue weighted by atomic mass is 9.80. The summed E-state index contributed by atoms with van der Waals surface area (Å²) < 4.78 is 23.0. The lowest BCUT2D eigenvalue weighted by molar-refractivity contribution is 0.281. The zero-order chi connectivity index (χ0) is 14.9. The van der Waals surface area contributed by atoms with Crippen LogP contribution in [-0.4, -0.2) is 20.7 Å². The SMILES string of the molecule is CC1CC(C)CC(Nc2ccc(S(C)(=O)=O)cc2N)C1. The molecule has 5 heteroatoms. The third-order valence-electron chi connectivity index (χ3n) is 3.99. The standard InChI is InChI=1S/C15H24N2O2S/c1-10-6-11(2)8-12(7-10)17-15-5-4-13(9-14(15)16)20(3,18)19/h4-5,9-12,17H,6-8,16H2,1-3H3. The molecule has 1 aliphatic carbocycles. The van der Waals surface area contributed by atoms with E-state index in [2.05, 4.69) is 19.2 Å². The third-order valence-corrected chi connectivity index (χ3v) is 5.10. The number of sulfone groups is 1. The van der Waals surface area contributed by atoms with Gasteiger partial charge in [-0.05, 0) is 49.3 Å². The second kappa shape index (κ2) is 5.64. The molecule has 0 saturated heterocycles. The van der Waals surface area contributed by atoms with Crippen LogP contribution in [0.15, 0.2) is 23.1 Å². The van der Waals surface area contributed by atoms with E-state index in [0.29, 0.717) is 23.6 Å². The second-order valence-electron chi connectivity index (χ2n) is 6.28. The Kier molecular flexibility index (Phi) is 4.28. The summed E-state index contributed by atoms with van der Waals surface area (Å²) >= 11 is 0. The van der Waals surface area contributed by atoms with E-state index in [1.54, 1.807) is 12.1 Å². The highest BCUT2D eigenvalue weighted by Crippen LogP contribution is 2.32. The summed E-state index contributed by atoms with van der Waals surface area (Å²) in [4.78, 5) is 0.269. The summed E-state index contributed by atoms with van der Waals surface area (Å²) in [5.41, 5.74) is 7.31. The Morgan fingerprint density at radius 1 is 1.15 bits per heavy atom. The van der Waals surface area contributed by atoms with Gasteiger partial charge >= 0.3 is 0 Å². The molecule has 3 N–H and O–H groups in total. The number of hydrogen-bond donors (Lipinski definition) is 2. The first-order chi connectivity index (χ1) is 9.25. The fourth-order valence-electron chi connectivity index (χ4n) is 3.19. The fourth-order valence-corrected chi connectivity index (χ4v) is 3.84. The fraction of sp³-hybridized carbons (Fsp3) is 0.600. The molecule has 2 unspecified atom stereocenters. The van der Waals surface area contributed by atoms with E-state index in [4.69, 9.17) is 5.73 Å². The minimum absolute atomic E-state index is 0.269. The predicted octanol–water partition coefficient (Wildman–Crippen LogP) is 2.91. The molecule has 1 fully saturated rings. The smallest absolute Gasteiger partial charge is 0.175 e. The first kappa shape index (κ1) is 15.2. The van der Waals surface area contributed by atoms with Gasteiger partial charge in [-0.2, -0.15) is 0 Å². The molecule has 4 nitrogen and oxygen atoms in total. The van der Waals surface area contributed by atoms with E-state index in [0.717, 1.165) is 18.5 Å². The van der Waals surface area contributed by atoms with E-state index >= 15 is 0 Å². The monoisotopic (exact) mass is 296 g/mol. The number of benzene rings is 1. The molecule has 0 aliphatic heterocycles. The van der Waals surface area contributed by atoms with E-state index in [-0.39, 0.29) is 4.90 Å². The molecular formula is C15H24N2O2S. The van der Waals surface area contributed by atoms with Crippen molar-refractivity contribution in [3.63, 3.8) is 0 Å². The largest absolute Gasteiger partial charge is 0.397 e. The molecule has 1 aliphatic rings. The van der Waals surface area contributed by atoms with Gasteiger partial charge in [0.15, 0.2) is 9.84 Å². The number of nitrogen functional groups attached to an aromatic ring is 1. The van der Waals surface area contributed by atoms with Crippen LogP contribution in [0, 0.1) is 11.8 Å². The highest BCUT2D eigenvalue weighted by Gasteiger charge is 2.24. The van der Waals surface area contributed by atoms with Gasteiger partial charge in [0.25, 0.3) is 0 Å². The molecular weight excluding hydrogens is 272 g/mol. The Labute approximate surface area is 121 Å². The van der Waals surface area contributed by atoms with Crippen LogP contribution in [0.1, 0.15) is 33.1 Å². The predicted molar refractivity (Wildman–Crippen MR) is 83.6 cm³/mol. The van der Waals surface area contributed by atoms with Crippen LogP contribution in [0.2, 0.25) is 0 Å². The topological polar surface area (TPSA) is 72.2 Å². The number of rotatable bonds is 3. The minimum atomic E-state index is -3.20. The van der Waals surface area contributed by atoms with Gasteiger partial charge in [-0.3, -0.25) is 0 Å². The van der Waals surface area contributed by atoms with Crippen molar-refractivity contribution in [1.29, 1.82) is 0 Å². The maximum Gasteiger partial charge on any atom is 0.175 e. The number of anilines is 2. The minimum Gasteiger partial charge on any atom is -0.397 e. The molecule has 2 rings (SSSR count). The average Bonchev–Trinajstić information content (AvgIpc) is 2.29. The van der Waals surface area contributed by atoms with E-state index in [9.17, 15) is 8.42 Å². The quantitative estimate of drug-likeness (QED) is 0.841. The van der Waals surface area contributed by atoms with Crippen molar-refractivity contribution < 1.29 is 8.42 Å². The first-order valence-corrected chi connectivity index (χ1v) is 9.01. The Bertz CT molecular complexity index is 574. The highest BCUT2D eigenvalue weighted by atomic mass is 32.2. The Balaban J connectivity index is 2.14. The highest BCUT2D eigenvalue weighted by molar-refractivity contribution is 7.90. The van der Waals surface area contributed by atoms with Gasteiger partial charge in [0.05, 0.1) is 16.3 Å². The summed E-state index contributed by atoms with van der Waals surface area (Å²) in [6.45, 7) is 4.56. The van der Waals surface area contributed by atoms with Crippen molar-refractivity contribution in [2.75, 3.05) is 17.3 Å². The van der Waals surface area contributed by atoms with Crippen molar-refractivity contribution >= 4 is 21.2 Å². The summed E-state index contributed by atoms with van der Waals surface area (Å²) in [6, 6.07) is 5.34. The summed E-state index contributed by atoms with van der Waals surface area (Å²) in [7, 11) is -3.20. The van der Waals surface area contributed by atoms with Crippen molar-refractivity contribution in [3.8, 4) is 0 Å². The normalized spacial score (nSPS) is 27.2. The maximum absolute atomic E-state index is 11.5. The van der Waals surface area contributed by atoms with Gasteiger partial charge < -0.3 is 11.1 Å². The van der Waals surface area contributed by atoms with E-state index in [1.807, 2.05) is 0 Å². The molecule has 0 heterocycles. The van der Waals surface area contributed by atoms with Gasteiger partial charge in [0, 0.05) is 12.3 Å². The van der Waals surface area contributed by atoms with Crippen LogP contribution in [-0.2, 0) is 9.84 Å². The molecule has 0 bridgehead atoms. The molecule has 112 valence electrons. The first-order valence-electron chi connectivity index (χ1n) is 7.12. The summed E-state index contributed by atoms with van der Waals surface area (Å²) in [6.07, 6.45) is 4.75. The zero-order valence-corrected chi connectivity index (χ0v) is 13.2. The van der Waals surface area contributed by atoms with Gasteiger partial charge in [0.1, 0.15) is 0 Å². The van der Waals surface area contributed by atoms with Crippen molar-refractivity contribution in [2.45, 2.75) is 44.0 Å². The van der Waals surface area contributed by atoms with Gasteiger partial charge in [-0.1, -0.05) is 13.8 Å². The molecule has 0 spiro atoms. The second-order valence-corrected chi connectivity index (χ2v) is 8.30. The Hall–Kier alpha value is -1.23. The lowest BCUT2D eigenvalue weighted by Crippen LogP contribution is -2.30. The molecule has 0 aromatic heterocycles. The van der Waals surface area contributed by atoms with E-state index in [1.165, 1.54) is 18.7 Å². The van der Waals surface area contributed by atoms with Crippen LogP contribution in [0.3, 0.4) is 0 Å². The molecule has 0 radical (unpaired) electrons. The maximum atomic E-state index is 11.5. The van der Waals surface area contributed by atoms with Gasteiger partial charge in [-0.15, -0.1) is 0 Å². The third kappa shape index (κ3) is 3.66. The Morgan fingerprint density at radius 3 is 2.25 bits per heavy atom. The number of hydrogen-bond acceptors (Lipinski definition) is 4. The van der Waals surface area contributed by atoms with Crippen LogP contribution in [0.5, 0.6) is 0 Å². The van der Waals surface area contributed by atoms with E-state index < -0.39 is 9.84 Å². The van der Waals surface area contributed by atoms with Crippen LogP contribution in [0.4, 0.5) is 11.4 Å². The zero-order valence-electron chi connectivity index (χ0n) is 12.4. The number of nitrogens with one attached hydrogen (secondary N) is 1. The summed E-state index contributed by atoms with van der Waals surface area (Å²) in [5, 5.41) is 3.47. The number of nitrogens with two attached hydrogens (primary N) is 1. The molecule has 2 atom stereocenters. The molecule has 20 heavy (non-hydrogen) atoms. The molecule has 1 saturated carbocycles. The average molecular weight is 296 g/mol. The molecule has 1 aromatic rings. The van der Waals surface area contributed by atoms with Crippen molar-refractivity contribution in [3.05, 3.63) is 18.2 Å². The summed E-state index contributed by atoms with van der Waals surface area (Å²) in [5.74, 6) is 1.43. The van der Waals surface area contributed by atoms with Gasteiger partial charge in [-0.25, -0.2) is 8.42 Å². The van der Waals surface area contributed by atoms with Crippen LogP contribution < -0.4 is 11.1 Å². The lowest BCUT2D eigenvalue weighted by Gasteiger charge is -2.33. The molecule has 0 amide bonds. The van der Waals surface area contributed by atoms with Crippen molar-refractivity contribution in [1.82, 2.24) is 0 Å². The van der Waals surface area contributed by atoms with Crippen LogP contribution >= 0.6 is 0 Å². The van der Waals surface area contributed by atoms with Crippen LogP contribution in [0.25, 0.3) is 0 Å². The Morgan fingerprint density at radius 2 is 1.75 bits per heavy atom. The molecule has 1 aromatic carbocycles.